The van der Waals surface area contributed by atoms with E-state index in [0.29, 0.717) is 11.9 Å². The second-order valence-corrected chi connectivity index (χ2v) is 7.18. The van der Waals surface area contributed by atoms with Crippen LogP contribution < -0.4 is 10.5 Å². The van der Waals surface area contributed by atoms with Gasteiger partial charge in [-0.3, -0.25) is 0 Å². The van der Waals surface area contributed by atoms with Crippen molar-refractivity contribution in [1.29, 1.82) is 0 Å². The van der Waals surface area contributed by atoms with E-state index in [2.05, 4.69) is 24.0 Å². The molecular formula is C21H30N2O. The number of benzene rings is 1. The Bertz CT molecular complexity index is 647. The first-order valence-corrected chi connectivity index (χ1v) is 9.55. The van der Waals surface area contributed by atoms with E-state index in [9.17, 15) is 0 Å². The SMILES string of the molecule is C1CCCCC1.Cc1ccc(OC2CCCC2)c2cc(N)ncc12. The molecular weight excluding hydrogens is 296 g/mol. The van der Waals surface area contributed by atoms with Gasteiger partial charge in [0, 0.05) is 17.0 Å². The summed E-state index contributed by atoms with van der Waals surface area (Å²) in [6.07, 6.45) is 16.1. The fourth-order valence-electron chi connectivity index (χ4n) is 3.72. The Morgan fingerprint density at radius 3 is 2.17 bits per heavy atom. The van der Waals surface area contributed by atoms with E-state index in [-0.39, 0.29) is 0 Å². The van der Waals surface area contributed by atoms with Gasteiger partial charge in [0.25, 0.3) is 0 Å². The molecule has 0 aliphatic heterocycles. The Balaban J connectivity index is 0.000000238. The van der Waals surface area contributed by atoms with Gasteiger partial charge in [0.15, 0.2) is 0 Å². The van der Waals surface area contributed by atoms with E-state index in [1.54, 1.807) is 0 Å². The van der Waals surface area contributed by atoms with Crippen LogP contribution in [0.4, 0.5) is 5.82 Å². The number of hydrogen-bond donors (Lipinski definition) is 1. The smallest absolute Gasteiger partial charge is 0.127 e. The van der Waals surface area contributed by atoms with E-state index in [4.69, 9.17) is 10.5 Å². The highest BCUT2D eigenvalue weighted by Gasteiger charge is 2.17. The van der Waals surface area contributed by atoms with Gasteiger partial charge in [-0.1, -0.05) is 44.6 Å². The number of hydrogen-bond acceptors (Lipinski definition) is 3. The molecule has 4 rings (SSSR count). The van der Waals surface area contributed by atoms with Crippen LogP contribution in [0, 0.1) is 6.92 Å². The molecule has 0 atom stereocenters. The molecule has 24 heavy (non-hydrogen) atoms. The van der Waals surface area contributed by atoms with Gasteiger partial charge in [-0.2, -0.15) is 0 Å². The molecule has 2 aromatic rings. The van der Waals surface area contributed by atoms with Gasteiger partial charge < -0.3 is 10.5 Å². The molecule has 2 saturated carbocycles. The molecule has 2 aliphatic carbocycles. The third kappa shape index (κ3) is 4.40. The number of ether oxygens (including phenoxy) is 1. The van der Waals surface area contributed by atoms with E-state index in [1.807, 2.05) is 12.3 Å². The summed E-state index contributed by atoms with van der Waals surface area (Å²) in [7, 11) is 0. The average molecular weight is 326 g/mol. The fourth-order valence-corrected chi connectivity index (χ4v) is 3.72. The van der Waals surface area contributed by atoms with Crippen molar-refractivity contribution in [2.75, 3.05) is 5.73 Å². The lowest BCUT2D eigenvalue weighted by Gasteiger charge is -2.16. The van der Waals surface area contributed by atoms with E-state index >= 15 is 0 Å². The van der Waals surface area contributed by atoms with Crippen molar-refractivity contribution in [3.05, 3.63) is 30.0 Å². The Morgan fingerprint density at radius 2 is 1.54 bits per heavy atom. The van der Waals surface area contributed by atoms with Gasteiger partial charge in [-0.25, -0.2) is 4.98 Å². The maximum Gasteiger partial charge on any atom is 0.127 e. The molecule has 0 radical (unpaired) electrons. The summed E-state index contributed by atoms with van der Waals surface area (Å²) in [6, 6.07) is 6.05. The number of anilines is 1. The number of nitrogen functional groups attached to an aromatic ring is 1. The number of rotatable bonds is 2. The van der Waals surface area contributed by atoms with Gasteiger partial charge in [-0.05, 0) is 50.3 Å². The molecule has 0 saturated heterocycles. The zero-order valence-corrected chi connectivity index (χ0v) is 14.9. The van der Waals surface area contributed by atoms with Crippen LogP contribution in [0.2, 0.25) is 0 Å². The van der Waals surface area contributed by atoms with Crippen LogP contribution in [-0.2, 0) is 0 Å². The Morgan fingerprint density at radius 1 is 0.917 bits per heavy atom. The van der Waals surface area contributed by atoms with Crippen molar-refractivity contribution in [2.45, 2.75) is 77.2 Å². The molecule has 3 heteroatoms. The number of pyridine rings is 1. The average Bonchev–Trinajstić information content (AvgIpc) is 3.13. The minimum atomic E-state index is 0.366. The highest BCUT2D eigenvalue weighted by molar-refractivity contribution is 5.91. The molecule has 130 valence electrons. The minimum absolute atomic E-state index is 0.366. The topological polar surface area (TPSA) is 48.1 Å². The van der Waals surface area contributed by atoms with Gasteiger partial charge >= 0.3 is 0 Å². The second kappa shape index (κ2) is 8.36. The number of aromatic nitrogens is 1. The summed E-state index contributed by atoms with van der Waals surface area (Å²) in [4.78, 5) is 4.16. The highest BCUT2D eigenvalue weighted by atomic mass is 16.5. The van der Waals surface area contributed by atoms with Crippen molar-refractivity contribution in [2.24, 2.45) is 0 Å². The van der Waals surface area contributed by atoms with Gasteiger partial charge in [0.1, 0.15) is 11.6 Å². The monoisotopic (exact) mass is 326 g/mol. The van der Waals surface area contributed by atoms with Crippen LogP contribution in [0.5, 0.6) is 5.75 Å². The summed E-state index contributed by atoms with van der Waals surface area (Å²) in [5.41, 5.74) is 6.99. The largest absolute Gasteiger partial charge is 0.490 e. The van der Waals surface area contributed by atoms with Crippen molar-refractivity contribution >= 4 is 16.6 Å². The number of nitrogens with zero attached hydrogens (tertiary/aromatic N) is 1. The molecule has 2 fully saturated rings. The van der Waals surface area contributed by atoms with E-state index in [1.165, 1.54) is 56.9 Å². The summed E-state index contributed by atoms with van der Waals surface area (Å²) < 4.78 is 6.12. The number of fused-ring (bicyclic) bond motifs is 1. The molecule has 0 spiro atoms. The van der Waals surface area contributed by atoms with Gasteiger partial charge in [0.05, 0.1) is 6.10 Å². The molecule has 1 aromatic heterocycles. The summed E-state index contributed by atoms with van der Waals surface area (Å²) in [5, 5.41) is 2.20. The zero-order valence-electron chi connectivity index (χ0n) is 14.9. The van der Waals surface area contributed by atoms with Crippen molar-refractivity contribution < 1.29 is 4.74 Å². The third-order valence-electron chi connectivity index (χ3n) is 5.20. The lowest BCUT2D eigenvalue weighted by Crippen LogP contribution is -2.11. The lowest BCUT2D eigenvalue weighted by molar-refractivity contribution is 0.213. The second-order valence-electron chi connectivity index (χ2n) is 7.18. The van der Waals surface area contributed by atoms with Crippen LogP contribution in [0.15, 0.2) is 24.4 Å². The number of nitrogens with two attached hydrogens (primary N) is 1. The predicted octanol–water partition coefficient (Wildman–Crippen LogP) is 5.79. The standard InChI is InChI=1S/C15H18N2O.C6H12/c1-10-6-7-14(18-11-4-2-3-5-11)12-8-15(16)17-9-13(10)12;1-2-4-6-5-3-1/h6-9,11H,2-5H2,1H3,(H2,16,17);1-6H2. The first-order valence-electron chi connectivity index (χ1n) is 9.55. The van der Waals surface area contributed by atoms with E-state index in [0.717, 1.165) is 29.4 Å². The molecule has 3 nitrogen and oxygen atoms in total. The zero-order chi connectivity index (χ0) is 16.8. The first kappa shape index (κ1) is 17.1. The minimum Gasteiger partial charge on any atom is -0.490 e. The first-order chi connectivity index (χ1) is 11.7. The van der Waals surface area contributed by atoms with Crippen molar-refractivity contribution in [3.8, 4) is 5.75 Å². The summed E-state index contributed by atoms with van der Waals surface area (Å²) >= 11 is 0. The predicted molar refractivity (Wildman–Crippen MR) is 101 cm³/mol. The molecule has 0 amide bonds. The van der Waals surface area contributed by atoms with Crippen LogP contribution in [0.25, 0.3) is 10.8 Å². The summed E-state index contributed by atoms with van der Waals surface area (Å²) in [6.45, 7) is 2.08. The maximum absolute atomic E-state index is 6.12. The molecule has 2 N–H and O–H groups in total. The van der Waals surface area contributed by atoms with Crippen LogP contribution in [0.1, 0.15) is 69.8 Å². The quantitative estimate of drug-likeness (QED) is 0.760. The molecule has 1 heterocycles. The van der Waals surface area contributed by atoms with Crippen LogP contribution in [-0.4, -0.2) is 11.1 Å². The number of aryl methyl sites for hydroxylation is 1. The highest BCUT2D eigenvalue weighted by Crippen LogP contribution is 2.32. The Kier molecular flexibility index (Phi) is 5.95. The molecule has 1 aromatic carbocycles. The maximum atomic E-state index is 6.12. The molecule has 0 unspecified atom stereocenters. The summed E-state index contributed by atoms with van der Waals surface area (Å²) in [5.74, 6) is 1.49. The third-order valence-corrected chi connectivity index (χ3v) is 5.20. The van der Waals surface area contributed by atoms with Crippen molar-refractivity contribution in [1.82, 2.24) is 4.98 Å². The fraction of sp³-hybridized carbons (Fsp3) is 0.571. The van der Waals surface area contributed by atoms with Gasteiger partial charge in [0.2, 0.25) is 0 Å². The molecule has 0 bridgehead atoms. The van der Waals surface area contributed by atoms with E-state index < -0.39 is 0 Å². The molecule has 2 aliphatic rings. The normalized spacial score (nSPS) is 18.2. The van der Waals surface area contributed by atoms with Gasteiger partial charge in [-0.15, -0.1) is 0 Å². The Hall–Kier alpha value is -1.77. The lowest BCUT2D eigenvalue weighted by atomic mass is 10.0. The van der Waals surface area contributed by atoms with Crippen LogP contribution in [0.3, 0.4) is 0 Å². The Labute approximate surface area is 145 Å². The van der Waals surface area contributed by atoms with Crippen molar-refractivity contribution in [3.63, 3.8) is 0 Å². The van der Waals surface area contributed by atoms with Crippen LogP contribution >= 0.6 is 0 Å².